The number of nitrogen functional groups attached to an aromatic ring is 1. The summed E-state index contributed by atoms with van der Waals surface area (Å²) in [6, 6.07) is 1.97. The summed E-state index contributed by atoms with van der Waals surface area (Å²) in [7, 11) is 1.62. The van der Waals surface area contributed by atoms with E-state index < -0.39 is 5.60 Å². The van der Waals surface area contributed by atoms with Gasteiger partial charge in [-0.05, 0) is 67.2 Å². The highest BCUT2D eigenvalue weighted by Gasteiger charge is 2.24. The Morgan fingerprint density at radius 3 is 2.71 bits per heavy atom. The number of halogens is 1. The van der Waals surface area contributed by atoms with Crippen molar-refractivity contribution in [3.05, 3.63) is 39.9 Å². The van der Waals surface area contributed by atoms with Crippen molar-refractivity contribution < 1.29 is 14.3 Å². The van der Waals surface area contributed by atoms with Crippen LogP contribution >= 0.6 is 15.9 Å². The van der Waals surface area contributed by atoms with Gasteiger partial charge < -0.3 is 20.1 Å². The molecule has 0 fully saturated rings. The number of pyridine rings is 1. The largest absolute Gasteiger partial charge is 0.495 e. The summed E-state index contributed by atoms with van der Waals surface area (Å²) in [6.45, 7) is 8.92. The minimum atomic E-state index is -0.513. The molecule has 10 nitrogen and oxygen atoms in total. The number of ether oxygens (including phenoxy) is 2. The van der Waals surface area contributed by atoms with Gasteiger partial charge in [0.15, 0.2) is 4.60 Å². The van der Waals surface area contributed by atoms with Gasteiger partial charge in [0.25, 0.3) is 0 Å². The van der Waals surface area contributed by atoms with Crippen LogP contribution in [0.3, 0.4) is 0 Å². The Balaban J connectivity index is 1.56. The van der Waals surface area contributed by atoms with E-state index in [9.17, 15) is 4.79 Å². The number of rotatable bonds is 4. The second-order valence-corrected chi connectivity index (χ2v) is 9.84. The molecule has 0 saturated carbocycles. The number of fused-ring (bicyclic) bond motifs is 1. The smallest absolute Gasteiger partial charge is 0.410 e. The van der Waals surface area contributed by atoms with Crippen molar-refractivity contribution in [1.29, 1.82) is 0 Å². The van der Waals surface area contributed by atoms with E-state index in [2.05, 4.69) is 36.0 Å². The first-order chi connectivity index (χ1) is 16.1. The third kappa shape index (κ3) is 4.98. The average molecular weight is 530 g/mol. The standard InChI is InChI=1S/C23H28BrN7O3/c1-13-19-18(28-21(25)27-13)20(24)29-31(19)12-16-17(33-5)10-15(11-26-16)14-6-8-30(9-7-14)22(32)34-23(2,3)4/h6,10-11H,7-9,12H2,1-5H3,(H2,25,27,28). The maximum absolute atomic E-state index is 12.3. The third-order valence-electron chi connectivity index (χ3n) is 5.42. The first-order valence-electron chi connectivity index (χ1n) is 10.9. The minimum absolute atomic E-state index is 0.205. The molecule has 0 bridgehead atoms. The highest BCUT2D eigenvalue weighted by molar-refractivity contribution is 9.10. The number of hydrogen-bond acceptors (Lipinski definition) is 8. The normalized spacial score (nSPS) is 14.3. The van der Waals surface area contributed by atoms with Crippen LogP contribution in [0.4, 0.5) is 10.7 Å². The van der Waals surface area contributed by atoms with Crippen molar-refractivity contribution in [3.63, 3.8) is 0 Å². The molecule has 1 aliphatic rings. The molecule has 0 aromatic carbocycles. The summed E-state index contributed by atoms with van der Waals surface area (Å²) in [5.74, 6) is 0.859. The topological polar surface area (TPSA) is 121 Å². The Bertz CT molecular complexity index is 1280. The van der Waals surface area contributed by atoms with Crippen molar-refractivity contribution in [2.75, 3.05) is 25.9 Å². The lowest BCUT2D eigenvalue weighted by Gasteiger charge is -2.29. The van der Waals surface area contributed by atoms with Gasteiger partial charge in [0, 0.05) is 19.3 Å². The molecule has 180 valence electrons. The number of hydrogen-bond donors (Lipinski definition) is 1. The zero-order valence-electron chi connectivity index (χ0n) is 19.9. The maximum atomic E-state index is 12.3. The first-order valence-corrected chi connectivity index (χ1v) is 11.7. The number of aromatic nitrogens is 5. The van der Waals surface area contributed by atoms with Gasteiger partial charge in [0.2, 0.25) is 5.95 Å². The van der Waals surface area contributed by atoms with Crippen LogP contribution in [0.5, 0.6) is 5.75 Å². The van der Waals surface area contributed by atoms with Gasteiger partial charge in [0.1, 0.15) is 28.1 Å². The maximum Gasteiger partial charge on any atom is 0.410 e. The van der Waals surface area contributed by atoms with E-state index in [1.165, 1.54) is 0 Å². The van der Waals surface area contributed by atoms with Crippen LogP contribution in [-0.2, 0) is 11.3 Å². The molecule has 34 heavy (non-hydrogen) atoms. The summed E-state index contributed by atoms with van der Waals surface area (Å²) in [6.07, 6.45) is 4.27. The van der Waals surface area contributed by atoms with E-state index in [1.54, 1.807) is 16.7 Å². The summed E-state index contributed by atoms with van der Waals surface area (Å²) in [5.41, 5.74) is 10.3. The zero-order chi connectivity index (χ0) is 24.6. The Hall–Kier alpha value is -3.21. The van der Waals surface area contributed by atoms with Crippen LogP contribution in [0.1, 0.15) is 44.1 Å². The van der Waals surface area contributed by atoms with E-state index in [0.717, 1.165) is 28.0 Å². The summed E-state index contributed by atoms with van der Waals surface area (Å²) in [5, 5.41) is 4.54. The highest BCUT2D eigenvalue weighted by atomic mass is 79.9. The quantitative estimate of drug-likeness (QED) is 0.538. The van der Waals surface area contributed by atoms with Crippen molar-refractivity contribution in [2.24, 2.45) is 0 Å². The molecule has 0 aliphatic carbocycles. The van der Waals surface area contributed by atoms with Crippen molar-refractivity contribution in [1.82, 2.24) is 29.6 Å². The van der Waals surface area contributed by atoms with Crippen LogP contribution in [0.15, 0.2) is 22.9 Å². The monoisotopic (exact) mass is 529 g/mol. The summed E-state index contributed by atoms with van der Waals surface area (Å²) in [4.78, 5) is 27.3. The molecule has 1 amide bonds. The van der Waals surface area contributed by atoms with Crippen molar-refractivity contribution >= 4 is 44.6 Å². The minimum Gasteiger partial charge on any atom is -0.495 e. The fourth-order valence-corrected chi connectivity index (χ4v) is 4.34. The number of carbonyl (C=O) groups is 1. The van der Waals surface area contributed by atoms with E-state index in [-0.39, 0.29) is 12.0 Å². The fourth-order valence-electron chi connectivity index (χ4n) is 3.87. The molecular weight excluding hydrogens is 502 g/mol. The van der Waals surface area contributed by atoms with Crippen molar-refractivity contribution in [3.8, 4) is 5.75 Å². The molecule has 1 aliphatic heterocycles. The molecule has 0 saturated heterocycles. The SMILES string of the molecule is COc1cc(C2=CCN(C(=O)OC(C)(C)C)CC2)cnc1Cn1nc(Br)c2nc(N)nc(C)c21. The van der Waals surface area contributed by atoms with Crippen LogP contribution in [0, 0.1) is 6.92 Å². The fraction of sp³-hybridized carbons (Fsp3) is 0.435. The lowest BCUT2D eigenvalue weighted by molar-refractivity contribution is 0.0270. The lowest BCUT2D eigenvalue weighted by Crippen LogP contribution is -2.39. The predicted octanol–water partition coefficient (Wildman–Crippen LogP) is 3.96. The van der Waals surface area contributed by atoms with E-state index in [1.807, 2.05) is 46.0 Å². The molecule has 2 N–H and O–H groups in total. The average Bonchev–Trinajstić information content (AvgIpc) is 3.08. The Morgan fingerprint density at radius 2 is 2.06 bits per heavy atom. The Kier molecular flexibility index (Phi) is 6.48. The molecule has 0 radical (unpaired) electrons. The van der Waals surface area contributed by atoms with Crippen molar-refractivity contribution in [2.45, 2.75) is 46.3 Å². The highest BCUT2D eigenvalue weighted by Crippen LogP contribution is 2.29. The van der Waals surface area contributed by atoms with Gasteiger partial charge in [0.05, 0.1) is 19.3 Å². The van der Waals surface area contributed by atoms with Gasteiger partial charge in [-0.25, -0.2) is 14.8 Å². The number of anilines is 1. The van der Waals surface area contributed by atoms with E-state index in [4.69, 9.17) is 15.2 Å². The number of nitrogens with two attached hydrogens (primary N) is 1. The van der Waals surface area contributed by atoms with Crippen LogP contribution < -0.4 is 10.5 Å². The van der Waals surface area contributed by atoms with Gasteiger partial charge in [-0.15, -0.1) is 0 Å². The van der Waals surface area contributed by atoms with E-state index >= 15 is 0 Å². The molecule has 3 aromatic heterocycles. The predicted molar refractivity (Wildman–Crippen MR) is 132 cm³/mol. The van der Waals surface area contributed by atoms with Crippen LogP contribution in [0.25, 0.3) is 16.6 Å². The molecule has 0 unspecified atom stereocenters. The Labute approximate surface area is 206 Å². The van der Waals surface area contributed by atoms with Crippen LogP contribution in [0.2, 0.25) is 0 Å². The number of methoxy groups -OCH3 is 1. The zero-order valence-corrected chi connectivity index (χ0v) is 21.5. The van der Waals surface area contributed by atoms with Crippen LogP contribution in [-0.4, -0.2) is 61.5 Å². The van der Waals surface area contributed by atoms with Gasteiger partial charge in [-0.2, -0.15) is 5.10 Å². The summed E-state index contributed by atoms with van der Waals surface area (Å²) < 4.78 is 13.5. The summed E-state index contributed by atoms with van der Waals surface area (Å²) >= 11 is 3.46. The number of aryl methyl sites for hydroxylation is 1. The molecule has 4 heterocycles. The second-order valence-electron chi connectivity index (χ2n) is 9.09. The molecule has 11 heteroatoms. The number of carbonyl (C=O) groups excluding carboxylic acids is 1. The molecular formula is C23H28BrN7O3. The number of amides is 1. The molecule has 0 atom stereocenters. The first kappa shape index (κ1) is 23.9. The molecule has 3 aromatic rings. The third-order valence-corrected chi connectivity index (χ3v) is 5.95. The van der Waals surface area contributed by atoms with Gasteiger partial charge in [-0.3, -0.25) is 9.67 Å². The molecule has 4 rings (SSSR count). The van der Waals surface area contributed by atoms with E-state index in [0.29, 0.717) is 41.9 Å². The van der Waals surface area contributed by atoms with Gasteiger partial charge in [-0.1, -0.05) is 6.08 Å². The Morgan fingerprint density at radius 1 is 1.29 bits per heavy atom. The number of nitrogens with zero attached hydrogens (tertiary/aromatic N) is 6. The second kappa shape index (κ2) is 9.21. The lowest BCUT2D eigenvalue weighted by atomic mass is 10.0. The van der Waals surface area contributed by atoms with Gasteiger partial charge >= 0.3 is 6.09 Å². The molecule has 0 spiro atoms.